The van der Waals surface area contributed by atoms with Crippen molar-refractivity contribution in [3.05, 3.63) is 59.1 Å². The van der Waals surface area contributed by atoms with Gasteiger partial charge in [-0.05, 0) is 49.6 Å². The smallest absolute Gasteiger partial charge is 0.0471 e. The van der Waals surface area contributed by atoms with Crippen LogP contribution in [0.5, 0.6) is 0 Å². The first kappa shape index (κ1) is 14.4. The molecule has 0 aromatic heterocycles. The molecule has 0 atom stereocenters. The highest BCUT2D eigenvalue weighted by Gasteiger charge is 2.21. The number of anilines is 2. The lowest BCUT2D eigenvalue weighted by Crippen LogP contribution is -2.21. The van der Waals surface area contributed by atoms with Gasteiger partial charge in [0.15, 0.2) is 0 Å². The van der Waals surface area contributed by atoms with E-state index in [-0.39, 0.29) is 0 Å². The quantitative estimate of drug-likeness (QED) is 0.828. The first-order valence-electron chi connectivity index (χ1n) is 7.62. The van der Waals surface area contributed by atoms with Crippen molar-refractivity contribution < 1.29 is 0 Å². The second-order valence-corrected chi connectivity index (χ2v) is 5.94. The van der Waals surface area contributed by atoms with Crippen LogP contribution in [0.3, 0.4) is 0 Å². The largest absolute Gasteiger partial charge is 0.341 e. The molecule has 1 saturated carbocycles. The van der Waals surface area contributed by atoms with E-state index in [1.807, 2.05) is 12.1 Å². The van der Waals surface area contributed by atoms with Crippen LogP contribution in [-0.2, 0) is 6.54 Å². The first-order chi connectivity index (χ1) is 10.3. The normalized spacial score (nSPS) is 14.2. The Bertz CT molecular complexity index is 593. The maximum Gasteiger partial charge on any atom is 0.0471 e. The van der Waals surface area contributed by atoms with Crippen molar-refractivity contribution in [2.75, 3.05) is 11.4 Å². The predicted octanol–water partition coefficient (Wildman–Crippen LogP) is 4.75. The summed E-state index contributed by atoms with van der Waals surface area (Å²) >= 11 is 6.23. The topological polar surface area (TPSA) is 15.3 Å². The molecule has 1 fully saturated rings. The van der Waals surface area contributed by atoms with Gasteiger partial charge in [0.25, 0.3) is 0 Å². The molecule has 0 aliphatic heterocycles. The fourth-order valence-electron chi connectivity index (χ4n) is 2.58. The van der Waals surface area contributed by atoms with Crippen molar-refractivity contribution in [3.8, 4) is 0 Å². The summed E-state index contributed by atoms with van der Waals surface area (Å²) in [5.74, 6) is 0. The van der Waals surface area contributed by atoms with Crippen LogP contribution in [0.1, 0.15) is 25.3 Å². The van der Waals surface area contributed by atoms with Crippen molar-refractivity contribution in [3.63, 3.8) is 0 Å². The van der Waals surface area contributed by atoms with Crippen LogP contribution in [0, 0.1) is 0 Å². The lowest BCUT2D eigenvalue weighted by Gasteiger charge is -2.26. The van der Waals surface area contributed by atoms with Gasteiger partial charge < -0.3 is 10.2 Å². The average Bonchev–Trinajstić information content (AvgIpc) is 3.33. The maximum absolute atomic E-state index is 6.23. The van der Waals surface area contributed by atoms with Crippen LogP contribution < -0.4 is 10.2 Å². The van der Waals surface area contributed by atoms with Gasteiger partial charge in [0, 0.05) is 35.5 Å². The molecule has 0 saturated heterocycles. The zero-order valence-corrected chi connectivity index (χ0v) is 13.1. The van der Waals surface area contributed by atoms with E-state index in [0.29, 0.717) is 6.04 Å². The molecule has 1 aliphatic rings. The zero-order chi connectivity index (χ0) is 14.7. The molecule has 3 rings (SSSR count). The fourth-order valence-corrected chi connectivity index (χ4v) is 2.75. The maximum atomic E-state index is 6.23. The van der Waals surface area contributed by atoms with E-state index in [0.717, 1.165) is 18.1 Å². The summed E-state index contributed by atoms with van der Waals surface area (Å²) in [6, 6.07) is 17.4. The molecular weight excluding hydrogens is 280 g/mol. The van der Waals surface area contributed by atoms with Gasteiger partial charge in [-0.15, -0.1) is 0 Å². The standard InChI is InChI=1S/C18H21ClN2/c1-2-21(17-6-4-3-5-7-17)18-12-15(19)9-8-14(18)13-20-16-10-11-16/h3-9,12,16,20H,2,10-11,13H2,1H3. The van der Waals surface area contributed by atoms with Crippen molar-refractivity contribution in [2.45, 2.75) is 32.4 Å². The molecule has 0 spiro atoms. The first-order valence-corrected chi connectivity index (χ1v) is 8.00. The highest BCUT2D eigenvalue weighted by atomic mass is 35.5. The van der Waals surface area contributed by atoms with Crippen LogP contribution >= 0.6 is 11.6 Å². The second kappa shape index (κ2) is 6.50. The van der Waals surface area contributed by atoms with E-state index in [1.165, 1.54) is 29.8 Å². The molecule has 0 radical (unpaired) electrons. The molecule has 2 nitrogen and oxygen atoms in total. The number of hydrogen-bond acceptors (Lipinski definition) is 2. The molecular formula is C18H21ClN2. The highest BCUT2D eigenvalue weighted by molar-refractivity contribution is 6.30. The summed E-state index contributed by atoms with van der Waals surface area (Å²) in [6.07, 6.45) is 2.61. The third-order valence-corrected chi connectivity index (χ3v) is 4.12. The number of benzene rings is 2. The average molecular weight is 301 g/mol. The number of hydrogen-bond donors (Lipinski definition) is 1. The van der Waals surface area contributed by atoms with Crippen LogP contribution in [0.2, 0.25) is 5.02 Å². The van der Waals surface area contributed by atoms with Crippen LogP contribution in [-0.4, -0.2) is 12.6 Å². The van der Waals surface area contributed by atoms with Crippen LogP contribution in [0.15, 0.2) is 48.5 Å². The molecule has 0 heterocycles. The summed E-state index contributed by atoms with van der Waals surface area (Å²) < 4.78 is 0. The van der Waals surface area contributed by atoms with Crippen molar-refractivity contribution in [1.82, 2.24) is 5.32 Å². The predicted molar refractivity (Wildman–Crippen MR) is 90.4 cm³/mol. The molecule has 2 aromatic rings. The molecule has 0 unspecified atom stereocenters. The SMILES string of the molecule is CCN(c1ccccc1)c1cc(Cl)ccc1CNC1CC1. The van der Waals surface area contributed by atoms with E-state index >= 15 is 0 Å². The van der Waals surface area contributed by atoms with E-state index < -0.39 is 0 Å². The Morgan fingerprint density at radius 2 is 1.90 bits per heavy atom. The Labute approximate surface area is 131 Å². The van der Waals surface area contributed by atoms with Crippen molar-refractivity contribution in [1.29, 1.82) is 0 Å². The lowest BCUT2D eigenvalue weighted by atomic mass is 10.1. The van der Waals surface area contributed by atoms with Gasteiger partial charge >= 0.3 is 0 Å². The summed E-state index contributed by atoms with van der Waals surface area (Å²) in [6.45, 7) is 3.99. The molecule has 1 aliphatic carbocycles. The van der Waals surface area contributed by atoms with Crippen LogP contribution in [0.25, 0.3) is 0 Å². The van der Waals surface area contributed by atoms with Crippen molar-refractivity contribution >= 4 is 23.0 Å². The lowest BCUT2D eigenvalue weighted by molar-refractivity contribution is 0.687. The van der Waals surface area contributed by atoms with Gasteiger partial charge in [-0.1, -0.05) is 35.9 Å². The summed E-state index contributed by atoms with van der Waals surface area (Å²) in [4.78, 5) is 2.32. The van der Waals surface area contributed by atoms with Gasteiger partial charge in [0.1, 0.15) is 0 Å². The zero-order valence-electron chi connectivity index (χ0n) is 12.3. The molecule has 1 N–H and O–H groups in total. The Balaban J connectivity index is 1.91. The summed E-state index contributed by atoms with van der Waals surface area (Å²) in [7, 11) is 0. The van der Waals surface area contributed by atoms with Gasteiger partial charge in [0.05, 0.1) is 0 Å². The Morgan fingerprint density at radius 3 is 2.57 bits per heavy atom. The van der Waals surface area contributed by atoms with E-state index in [4.69, 9.17) is 11.6 Å². The van der Waals surface area contributed by atoms with Gasteiger partial charge in [0.2, 0.25) is 0 Å². The third kappa shape index (κ3) is 3.58. The number of rotatable bonds is 6. The number of nitrogens with zero attached hydrogens (tertiary/aromatic N) is 1. The van der Waals surface area contributed by atoms with Gasteiger partial charge in [-0.3, -0.25) is 0 Å². The van der Waals surface area contributed by atoms with E-state index in [2.05, 4.69) is 53.5 Å². The number of halogens is 1. The van der Waals surface area contributed by atoms with Crippen LogP contribution in [0.4, 0.5) is 11.4 Å². The Kier molecular flexibility index (Phi) is 4.47. The molecule has 21 heavy (non-hydrogen) atoms. The van der Waals surface area contributed by atoms with Crippen molar-refractivity contribution in [2.24, 2.45) is 0 Å². The van der Waals surface area contributed by atoms with E-state index in [1.54, 1.807) is 0 Å². The minimum atomic E-state index is 0.709. The molecule has 110 valence electrons. The number of para-hydroxylation sites is 1. The molecule has 3 heteroatoms. The molecule has 0 bridgehead atoms. The third-order valence-electron chi connectivity index (χ3n) is 3.88. The minimum Gasteiger partial charge on any atom is -0.341 e. The molecule has 2 aromatic carbocycles. The van der Waals surface area contributed by atoms with Gasteiger partial charge in [-0.2, -0.15) is 0 Å². The van der Waals surface area contributed by atoms with E-state index in [9.17, 15) is 0 Å². The Hall–Kier alpha value is -1.51. The summed E-state index contributed by atoms with van der Waals surface area (Å²) in [5, 5.41) is 4.38. The minimum absolute atomic E-state index is 0.709. The van der Waals surface area contributed by atoms with Gasteiger partial charge in [-0.25, -0.2) is 0 Å². The molecule has 0 amide bonds. The highest BCUT2D eigenvalue weighted by Crippen LogP contribution is 2.31. The fraction of sp³-hybridized carbons (Fsp3) is 0.333. The number of nitrogens with one attached hydrogen (secondary N) is 1. The monoisotopic (exact) mass is 300 g/mol. The Morgan fingerprint density at radius 1 is 1.14 bits per heavy atom. The summed E-state index contributed by atoms with van der Waals surface area (Å²) in [5.41, 5.74) is 3.70. The second-order valence-electron chi connectivity index (χ2n) is 5.51.